The molecule has 32 heavy (non-hydrogen) atoms. The Balaban J connectivity index is 1.76. The third-order valence-electron chi connectivity index (χ3n) is 5.38. The second-order valence-electron chi connectivity index (χ2n) is 7.31. The molecule has 0 saturated carbocycles. The number of ether oxygens (including phenoxy) is 2. The predicted octanol–water partition coefficient (Wildman–Crippen LogP) is 4.36. The molecule has 0 bridgehead atoms. The molecule has 0 aliphatic carbocycles. The highest BCUT2D eigenvalue weighted by molar-refractivity contribution is 5.76. The van der Waals surface area contributed by atoms with E-state index in [-0.39, 0.29) is 28.5 Å². The third-order valence-corrected chi connectivity index (χ3v) is 5.38. The maximum absolute atomic E-state index is 14.8. The minimum absolute atomic E-state index is 0.0611. The maximum atomic E-state index is 14.8. The van der Waals surface area contributed by atoms with Crippen LogP contribution in [0.4, 0.5) is 27.6 Å². The summed E-state index contributed by atoms with van der Waals surface area (Å²) in [4.78, 5) is 11.0. The van der Waals surface area contributed by atoms with Gasteiger partial charge in [0.2, 0.25) is 5.69 Å². The number of nitrogens with two attached hydrogens (primary N) is 1. The molecule has 0 unspecified atom stereocenters. The molecule has 1 aromatic carbocycles. The molecule has 2 N–H and O–H groups in total. The lowest BCUT2D eigenvalue weighted by molar-refractivity contribution is -0.219. The first-order chi connectivity index (χ1) is 15.1. The van der Waals surface area contributed by atoms with Crippen molar-refractivity contribution < 1.29 is 31.4 Å². The van der Waals surface area contributed by atoms with E-state index in [1.807, 2.05) is 0 Å². The summed E-state index contributed by atoms with van der Waals surface area (Å²) < 4.78 is 79.9. The summed E-state index contributed by atoms with van der Waals surface area (Å²) in [6.07, 6.45) is -4.69. The molecular weight excluding hydrogens is 435 g/mol. The summed E-state index contributed by atoms with van der Waals surface area (Å²) in [6, 6.07) is 5.79. The van der Waals surface area contributed by atoms with E-state index in [9.17, 15) is 22.0 Å². The molecule has 0 spiro atoms. The fourth-order valence-electron chi connectivity index (χ4n) is 3.87. The number of rotatable bonds is 3. The van der Waals surface area contributed by atoms with Gasteiger partial charge in [-0.3, -0.25) is 4.98 Å². The molecule has 166 valence electrons. The minimum atomic E-state index is -4.72. The molecule has 3 atom stereocenters. The van der Waals surface area contributed by atoms with Gasteiger partial charge in [0.25, 0.3) is 6.02 Å². The highest BCUT2D eigenvalue weighted by atomic mass is 19.4. The molecule has 1 aromatic heterocycles. The summed E-state index contributed by atoms with van der Waals surface area (Å²) in [7, 11) is 0. The predicted molar refractivity (Wildman–Crippen MR) is 104 cm³/mol. The number of nitrogens with zero attached hydrogens (tertiary/aromatic N) is 3. The normalized spacial score (nSPS) is 25.5. The zero-order valence-corrected chi connectivity index (χ0v) is 16.2. The molecule has 0 amide bonds. The summed E-state index contributed by atoms with van der Waals surface area (Å²) in [5.74, 6) is -2.99. The van der Waals surface area contributed by atoms with Crippen LogP contribution in [0.25, 0.3) is 16.7 Å². The lowest BCUT2D eigenvalue weighted by Crippen LogP contribution is -2.48. The smallest absolute Gasteiger partial charge is 0.415 e. The summed E-state index contributed by atoms with van der Waals surface area (Å²) in [5.41, 5.74) is 3.95. The third kappa shape index (κ3) is 3.78. The van der Waals surface area contributed by atoms with Crippen LogP contribution in [0.1, 0.15) is 16.8 Å². The van der Waals surface area contributed by atoms with Gasteiger partial charge in [-0.05, 0) is 29.8 Å². The van der Waals surface area contributed by atoms with E-state index in [1.54, 1.807) is 0 Å². The topological polar surface area (TPSA) is 74.1 Å². The SMILES string of the molecule is [C-]#[N+]c1ccc(/C(F)=C/c2ccc(F)c([C@]34CO[C@H](C(F)(F)F)[C@H]3COC(N)=N4)c2)nc1. The van der Waals surface area contributed by atoms with Gasteiger partial charge in [0.1, 0.15) is 17.2 Å². The Morgan fingerprint density at radius 2 is 2.06 bits per heavy atom. The van der Waals surface area contributed by atoms with E-state index in [4.69, 9.17) is 21.8 Å². The second-order valence-corrected chi connectivity index (χ2v) is 7.31. The first-order valence-corrected chi connectivity index (χ1v) is 9.31. The van der Waals surface area contributed by atoms with Crippen LogP contribution < -0.4 is 5.73 Å². The molecule has 11 heteroatoms. The van der Waals surface area contributed by atoms with Crippen molar-refractivity contribution in [2.75, 3.05) is 13.2 Å². The molecule has 2 aliphatic rings. The average molecular weight is 450 g/mol. The average Bonchev–Trinajstić information content (AvgIpc) is 3.15. The van der Waals surface area contributed by atoms with E-state index in [0.29, 0.717) is 0 Å². The van der Waals surface area contributed by atoms with Gasteiger partial charge >= 0.3 is 6.18 Å². The van der Waals surface area contributed by atoms with Crippen LogP contribution in [-0.4, -0.2) is 36.5 Å². The van der Waals surface area contributed by atoms with Crippen molar-refractivity contribution in [3.8, 4) is 0 Å². The van der Waals surface area contributed by atoms with Crippen molar-refractivity contribution in [2.45, 2.75) is 17.8 Å². The first kappa shape index (κ1) is 21.7. The van der Waals surface area contributed by atoms with Crippen LogP contribution in [-0.2, 0) is 15.0 Å². The molecule has 0 radical (unpaired) electrons. The van der Waals surface area contributed by atoms with E-state index in [0.717, 1.165) is 12.1 Å². The Morgan fingerprint density at radius 1 is 1.28 bits per heavy atom. The van der Waals surface area contributed by atoms with Crippen LogP contribution in [0, 0.1) is 18.3 Å². The van der Waals surface area contributed by atoms with Crippen LogP contribution in [0.5, 0.6) is 0 Å². The van der Waals surface area contributed by atoms with Crippen molar-refractivity contribution in [2.24, 2.45) is 16.6 Å². The van der Waals surface area contributed by atoms with Crippen LogP contribution in [0.3, 0.4) is 0 Å². The lowest BCUT2D eigenvalue weighted by Gasteiger charge is -2.36. The molecule has 2 aliphatic heterocycles. The lowest BCUT2D eigenvalue weighted by atomic mass is 9.77. The quantitative estimate of drug-likeness (QED) is 0.557. The number of hydrogen-bond donors (Lipinski definition) is 1. The van der Waals surface area contributed by atoms with Crippen molar-refractivity contribution in [1.82, 2.24) is 4.98 Å². The van der Waals surface area contributed by atoms with Crippen molar-refractivity contribution in [3.63, 3.8) is 0 Å². The van der Waals surface area contributed by atoms with E-state index < -0.39 is 48.6 Å². The summed E-state index contributed by atoms with van der Waals surface area (Å²) in [5, 5.41) is 0. The maximum Gasteiger partial charge on any atom is 0.415 e. The number of halogens is 5. The van der Waals surface area contributed by atoms with Crippen LogP contribution in [0.15, 0.2) is 41.5 Å². The van der Waals surface area contributed by atoms with Crippen molar-refractivity contribution in [3.05, 3.63) is 70.6 Å². The number of aromatic nitrogens is 1. The minimum Gasteiger partial charge on any atom is -0.465 e. The van der Waals surface area contributed by atoms with E-state index in [2.05, 4.69) is 14.8 Å². The van der Waals surface area contributed by atoms with Gasteiger partial charge in [-0.2, -0.15) is 13.2 Å². The molecule has 3 heterocycles. The monoisotopic (exact) mass is 450 g/mol. The number of benzene rings is 1. The largest absolute Gasteiger partial charge is 0.465 e. The highest BCUT2D eigenvalue weighted by Crippen LogP contribution is 2.50. The standard InChI is InChI=1S/C21H15F5N4O2/c1-28-12-3-5-17(29-8-12)16(23)7-11-2-4-15(22)13(6-11)20-10-32-18(21(24,25)26)14(20)9-31-19(27)30-20/h2-8,14,18H,9-10H2,(H2,27,30)/b16-7-/t14-,18+,20-/m1/s1. The molecule has 2 aromatic rings. The van der Waals surface area contributed by atoms with E-state index >= 15 is 0 Å². The number of hydrogen-bond acceptors (Lipinski definition) is 5. The van der Waals surface area contributed by atoms with Gasteiger partial charge in [0.05, 0.1) is 31.4 Å². The Bertz CT molecular complexity index is 1140. The van der Waals surface area contributed by atoms with Gasteiger partial charge in [-0.25, -0.2) is 18.6 Å². The molecule has 6 nitrogen and oxygen atoms in total. The Hall–Kier alpha value is -3.52. The number of aliphatic imine (C=N–C) groups is 1. The van der Waals surface area contributed by atoms with Gasteiger partial charge in [-0.1, -0.05) is 12.1 Å². The van der Waals surface area contributed by atoms with Gasteiger partial charge in [0, 0.05) is 11.8 Å². The number of fused-ring (bicyclic) bond motifs is 1. The van der Waals surface area contributed by atoms with Crippen molar-refractivity contribution in [1.29, 1.82) is 0 Å². The fraction of sp³-hybridized carbons (Fsp3) is 0.286. The molecule has 1 saturated heterocycles. The zero-order valence-electron chi connectivity index (χ0n) is 16.2. The van der Waals surface area contributed by atoms with Gasteiger partial charge < -0.3 is 15.2 Å². The molecule has 4 rings (SSSR count). The van der Waals surface area contributed by atoms with Gasteiger partial charge in [-0.15, -0.1) is 0 Å². The number of alkyl halides is 3. The van der Waals surface area contributed by atoms with Gasteiger partial charge in [0.15, 0.2) is 6.10 Å². The highest BCUT2D eigenvalue weighted by Gasteiger charge is 2.62. The Labute approximate surface area is 179 Å². The number of pyridine rings is 1. The zero-order chi connectivity index (χ0) is 23.1. The van der Waals surface area contributed by atoms with Crippen LogP contribution >= 0.6 is 0 Å². The summed E-state index contributed by atoms with van der Waals surface area (Å²) >= 11 is 0. The molecular formula is C21H15F5N4O2. The Kier molecular flexibility index (Phi) is 5.34. The summed E-state index contributed by atoms with van der Waals surface area (Å²) in [6.45, 7) is 5.86. The second kappa shape index (κ2) is 7.87. The van der Waals surface area contributed by atoms with Crippen LogP contribution in [0.2, 0.25) is 0 Å². The number of amidine groups is 1. The first-order valence-electron chi connectivity index (χ1n) is 9.31. The fourth-order valence-corrected chi connectivity index (χ4v) is 3.87. The van der Waals surface area contributed by atoms with E-state index in [1.165, 1.54) is 30.5 Å². The van der Waals surface area contributed by atoms with Crippen molar-refractivity contribution >= 4 is 23.6 Å². The Morgan fingerprint density at radius 3 is 2.72 bits per heavy atom. The molecule has 1 fully saturated rings.